The van der Waals surface area contributed by atoms with Crippen LogP contribution in [0.2, 0.25) is 0 Å². The monoisotopic (exact) mass is 277 g/mol. The predicted molar refractivity (Wildman–Crippen MR) is 72.6 cm³/mol. The summed E-state index contributed by atoms with van der Waals surface area (Å²) >= 11 is 1.34. The van der Waals surface area contributed by atoms with Crippen molar-refractivity contribution in [3.05, 3.63) is 50.5 Å². The van der Waals surface area contributed by atoms with Gasteiger partial charge >= 0.3 is 0 Å². The van der Waals surface area contributed by atoms with E-state index < -0.39 is 10.8 Å². The lowest BCUT2D eigenvalue weighted by Crippen LogP contribution is -2.13. The third kappa shape index (κ3) is 2.76. The fourth-order valence-electron chi connectivity index (χ4n) is 1.52. The first-order chi connectivity index (χ1) is 8.99. The van der Waals surface area contributed by atoms with Gasteiger partial charge in [0.25, 0.3) is 11.6 Å². The lowest BCUT2D eigenvalue weighted by molar-refractivity contribution is -0.385. The van der Waals surface area contributed by atoms with Gasteiger partial charge in [-0.1, -0.05) is 12.1 Å². The Morgan fingerprint density at radius 1 is 1.37 bits per heavy atom. The van der Waals surface area contributed by atoms with Crippen LogP contribution in [0.15, 0.2) is 24.3 Å². The number of amides is 1. The summed E-state index contributed by atoms with van der Waals surface area (Å²) in [4.78, 5) is 27.4. The smallest absolute Gasteiger partial charge is 0.282 e. The maximum Gasteiger partial charge on any atom is 0.282 e. The molecule has 0 spiro atoms. The Hall–Kier alpha value is -2.28. The van der Waals surface area contributed by atoms with Gasteiger partial charge in [0.1, 0.15) is 5.56 Å². The van der Waals surface area contributed by atoms with E-state index in [2.05, 4.69) is 10.3 Å². The lowest BCUT2D eigenvalue weighted by atomic mass is 10.1. The van der Waals surface area contributed by atoms with E-state index in [4.69, 9.17) is 0 Å². The van der Waals surface area contributed by atoms with E-state index in [0.717, 1.165) is 10.6 Å². The number of nitrogens with zero attached hydrogens (tertiary/aromatic N) is 2. The summed E-state index contributed by atoms with van der Waals surface area (Å²) < 4.78 is 0. The molecular formula is C12H11N3O3S. The summed E-state index contributed by atoms with van der Waals surface area (Å²) in [6, 6.07) is 5.82. The zero-order chi connectivity index (χ0) is 14.0. The highest BCUT2D eigenvalue weighted by Gasteiger charge is 2.20. The Morgan fingerprint density at radius 2 is 2.05 bits per heavy atom. The number of benzene rings is 1. The zero-order valence-corrected chi connectivity index (χ0v) is 11.2. The molecule has 1 aromatic carbocycles. The summed E-state index contributed by atoms with van der Waals surface area (Å²) in [5, 5.41) is 13.9. The number of rotatable bonds is 3. The van der Waals surface area contributed by atoms with E-state index in [-0.39, 0.29) is 11.3 Å². The molecule has 0 radical (unpaired) electrons. The van der Waals surface area contributed by atoms with Crippen molar-refractivity contribution < 1.29 is 9.72 Å². The minimum Gasteiger partial charge on any atom is -0.298 e. The maximum atomic E-state index is 12.0. The van der Waals surface area contributed by atoms with Crippen LogP contribution in [-0.4, -0.2) is 15.8 Å². The summed E-state index contributed by atoms with van der Waals surface area (Å²) in [5.74, 6) is -0.527. The van der Waals surface area contributed by atoms with Gasteiger partial charge in [-0.15, -0.1) is 11.3 Å². The minimum absolute atomic E-state index is 0.0259. The van der Waals surface area contributed by atoms with Crippen LogP contribution in [-0.2, 0) is 0 Å². The van der Waals surface area contributed by atoms with Crippen LogP contribution in [0, 0.1) is 24.0 Å². The molecule has 2 rings (SSSR count). The molecule has 0 fully saturated rings. The molecule has 0 aliphatic heterocycles. The number of para-hydroxylation sites is 1. The highest BCUT2D eigenvalue weighted by atomic mass is 32.1. The number of nitro groups is 1. The van der Waals surface area contributed by atoms with Crippen molar-refractivity contribution in [2.24, 2.45) is 0 Å². The topological polar surface area (TPSA) is 85.1 Å². The highest BCUT2D eigenvalue weighted by molar-refractivity contribution is 7.15. The highest BCUT2D eigenvalue weighted by Crippen LogP contribution is 2.23. The van der Waals surface area contributed by atoms with Gasteiger partial charge in [-0.2, -0.15) is 0 Å². The van der Waals surface area contributed by atoms with Gasteiger partial charge in [0.2, 0.25) is 0 Å². The summed E-state index contributed by atoms with van der Waals surface area (Å²) in [6.07, 6.45) is 0. The van der Waals surface area contributed by atoms with Crippen LogP contribution >= 0.6 is 11.3 Å². The van der Waals surface area contributed by atoms with Crippen molar-refractivity contribution in [3.63, 3.8) is 0 Å². The van der Waals surface area contributed by atoms with E-state index in [0.29, 0.717) is 5.13 Å². The van der Waals surface area contributed by atoms with E-state index in [1.165, 1.54) is 29.5 Å². The molecule has 7 heteroatoms. The second-order valence-corrected chi connectivity index (χ2v) is 5.09. The Kier molecular flexibility index (Phi) is 3.57. The van der Waals surface area contributed by atoms with E-state index in [9.17, 15) is 14.9 Å². The number of hydrogen-bond donors (Lipinski definition) is 1. The second kappa shape index (κ2) is 5.15. The van der Waals surface area contributed by atoms with Crippen molar-refractivity contribution in [2.45, 2.75) is 13.8 Å². The van der Waals surface area contributed by atoms with Crippen molar-refractivity contribution in [1.29, 1.82) is 0 Å². The predicted octanol–water partition coefficient (Wildman–Crippen LogP) is 2.92. The third-order valence-electron chi connectivity index (χ3n) is 2.59. The standard InChI is InChI=1S/C12H11N3O3S/c1-7-8(2)19-12(13-7)14-11(16)9-5-3-4-6-10(9)15(17)18/h3-6H,1-2H3,(H,13,14,16). The van der Waals surface area contributed by atoms with Gasteiger partial charge in [0.15, 0.2) is 5.13 Å². The molecule has 0 bridgehead atoms. The molecule has 1 N–H and O–H groups in total. The molecule has 0 saturated heterocycles. The first-order valence-electron chi connectivity index (χ1n) is 5.48. The second-order valence-electron chi connectivity index (χ2n) is 3.89. The SMILES string of the molecule is Cc1nc(NC(=O)c2ccccc2[N+](=O)[O-])sc1C. The van der Waals surface area contributed by atoms with Gasteiger partial charge in [0.05, 0.1) is 10.6 Å². The molecule has 0 unspecified atom stereocenters. The Morgan fingerprint density at radius 3 is 2.63 bits per heavy atom. The maximum absolute atomic E-state index is 12.0. The number of anilines is 1. The molecule has 0 saturated carbocycles. The molecule has 0 aliphatic carbocycles. The van der Waals surface area contributed by atoms with Crippen LogP contribution in [0.4, 0.5) is 10.8 Å². The number of nitrogens with one attached hydrogen (secondary N) is 1. The molecule has 19 heavy (non-hydrogen) atoms. The van der Waals surface area contributed by atoms with Gasteiger partial charge < -0.3 is 0 Å². The summed E-state index contributed by atoms with van der Waals surface area (Å²) in [6.45, 7) is 3.74. The summed E-state index contributed by atoms with van der Waals surface area (Å²) in [5.41, 5.74) is 0.644. The Bertz CT molecular complexity index is 632. The van der Waals surface area contributed by atoms with E-state index in [1.54, 1.807) is 6.07 Å². The third-order valence-corrected chi connectivity index (χ3v) is 3.58. The van der Waals surface area contributed by atoms with Gasteiger partial charge in [0, 0.05) is 10.9 Å². The van der Waals surface area contributed by atoms with Crippen LogP contribution in [0.5, 0.6) is 0 Å². The molecule has 0 atom stereocenters. The molecular weight excluding hydrogens is 266 g/mol. The summed E-state index contributed by atoms with van der Waals surface area (Å²) in [7, 11) is 0. The first kappa shape index (κ1) is 13.2. The van der Waals surface area contributed by atoms with Crippen molar-refractivity contribution >= 4 is 28.1 Å². The number of aromatic nitrogens is 1. The molecule has 2 aromatic rings. The van der Waals surface area contributed by atoms with Gasteiger partial charge in [-0.25, -0.2) is 4.98 Å². The van der Waals surface area contributed by atoms with E-state index in [1.807, 2.05) is 13.8 Å². The molecule has 6 nitrogen and oxygen atoms in total. The number of thiazole rings is 1. The Balaban J connectivity index is 2.28. The van der Waals surface area contributed by atoms with Crippen molar-refractivity contribution in [3.8, 4) is 0 Å². The van der Waals surface area contributed by atoms with Gasteiger partial charge in [-0.05, 0) is 19.9 Å². The van der Waals surface area contributed by atoms with Crippen LogP contribution < -0.4 is 5.32 Å². The normalized spacial score (nSPS) is 10.2. The van der Waals surface area contributed by atoms with Gasteiger partial charge in [-0.3, -0.25) is 20.2 Å². The average molecular weight is 277 g/mol. The van der Waals surface area contributed by atoms with E-state index >= 15 is 0 Å². The number of hydrogen-bond acceptors (Lipinski definition) is 5. The fourth-order valence-corrected chi connectivity index (χ4v) is 2.33. The minimum atomic E-state index is -0.576. The fraction of sp³-hybridized carbons (Fsp3) is 0.167. The van der Waals surface area contributed by atoms with Crippen LogP contribution in [0.3, 0.4) is 0 Å². The zero-order valence-electron chi connectivity index (χ0n) is 10.3. The largest absolute Gasteiger partial charge is 0.298 e. The molecule has 1 amide bonds. The quantitative estimate of drug-likeness (QED) is 0.690. The van der Waals surface area contributed by atoms with Crippen LogP contribution in [0.1, 0.15) is 20.9 Å². The number of aryl methyl sites for hydroxylation is 2. The lowest BCUT2D eigenvalue weighted by Gasteiger charge is -2.02. The molecule has 1 aromatic heterocycles. The average Bonchev–Trinajstić information content (AvgIpc) is 2.68. The molecule has 1 heterocycles. The number of carbonyl (C=O) groups excluding carboxylic acids is 1. The number of nitro benzene ring substituents is 1. The molecule has 98 valence electrons. The van der Waals surface area contributed by atoms with Crippen LogP contribution in [0.25, 0.3) is 0 Å². The van der Waals surface area contributed by atoms with Crippen molar-refractivity contribution in [1.82, 2.24) is 4.98 Å². The number of carbonyl (C=O) groups is 1. The molecule has 0 aliphatic rings. The first-order valence-corrected chi connectivity index (χ1v) is 6.29. The Labute approximate surface area is 113 Å². The van der Waals surface area contributed by atoms with Crippen molar-refractivity contribution in [2.75, 3.05) is 5.32 Å².